The molecule has 0 bridgehead atoms. The lowest BCUT2D eigenvalue weighted by Crippen LogP contribution is -2.38. The van der Waals surface area contributed by atoms with E-state index in [1.165, 1.54) is 0 Å². The minimum Gasteiger partial charge on any atom is -0.499 e. The van der Waals surface area contributed by atoms with E-state index in [9.17, 15) is 9.59 Å². The van der Waals surface area contributed by atoms with Crippen molar-refractivity contribution in [3.05, 3.63) is 72.5 Å². The summed E-state index contributed by atoms with van der Waals surface area (Å²) < 4.78 is 5.52. The summed E-state index contributed by atoms with van der Waals surface area (Å²) in [5.41, 5.74) is 3.40. The first-order chi connectivity index (χ1) is 14.4. The van der Waals surface area contributed by atoms with Gasteiger partial charge in [0.15, 0.2) is 0 Å². The number of nitrogens with one attached hydrogen (secondary N) is 1. The van der Waals surface area contributed by atoms with Crippen molar-refractivity contribution in [2.75, 3.05) is 6.61 Å². The number of aliphatic carboxylic acids is 1. The van der Waals surface area contributed by atoms with Crippen molar-refractivity contribution < 1.29 is 19.4 Å². The summed E-state index contributed by atoms with van der Waals surface area (Å²) in [6, 6.07) is 18.3. The van der Waals surface area contributed by atoms with Crippen LogP contribution in [0.4, 0.5) is 0 Å². The standard InChI is InChI=1S/C25H31NO4/c1-4-30-19(3)18(2)16-23(26-24(27)14-15-25(28)29)17-20-10-12-22(13-11-20)21-8-6-5-7-9-21/h5-13,18,23H,3-4,14-17H2,1-2H3,(H,26,27)(H,28,29)/t18-,23+/m1/s1. The molecule has 2 aromatic rings. The number of hydrogen-bond acceptors (Lipinski definition) is 3. The maximum atomic E-state index is 12.2. The third kappa shape index (κ3) is 7.74. The van der Waals surface area contributed by atoms with Crippen molar-refractivity contribution in [2.45, 2.75) is 45.6 Å². The Labute approximate surface area is 178 Å². The number of carbonyl (C=O) groups is 2. The topological polar surface area (TPSA) is 75.6 Å². The van der Waals surface area contributed by atoms with Gasteiger partial charge in [0.25, 0.3) is 0 Å². The lowest BCUT2D eigenvalue weighted by atomic mass is 9.94. The van der Waals surface area contributed by atoms with Crippen LogP contribution >= 0.6 is 0 Å². The zero-order valence-electron chi connectivity index (χ0n) is 17.8. The van der Waals surface area contributed by atoms with Crippen molar-refractivity contribution >= 4 is 11.9 Å². The molecule has 5 nitrogen and oxygen atoms in total. The number of carboxylic acid groups (broad SMARTS) is 1. The Balaban J connectivity index is 2.07. The lowest BCUT2D eigenvalue weighted by molar-refractivity contribution is -0.138. The molecule has 0 saturated heterocycles. The third-order valence-electron chi connectivity index (χ3n) is 4.99. The summed E-state index contributed by atoms with van der Waals surface area (Å²) in [6.07, 6.45) is 1.11. The van der Waals surface area contributed by atoms with Gasteiger partial charge < -0.3 is 15.2 Å². The van der Waals surface area contributed by atoms with Gasteiger partial charge in [0, 0.05) is 18.4 Å². The maximum Gasteiger partial charge on any atom is 0.303 e. The molecule has 0 aliphatic carbocycles. The van der Waals surface area contributed by atoms with Crippen molar-refractivity contribution in [2.24, 2.45) is 5.92 Å². The fourth-order valence-electron chi connectivity index (χ4n) is 3.35. The molecule has 2 rings (SSSR count). The molecule has 160 valence electrons. The van der Waals surface area contributed by atoms with Gasteiger partial charge in [0.1, 0.15) is 0 Å². The van der Waals surface area contributed by atoms with E-state index in [1.807, 2.05) is 32.0 Å². The van der Waals surface area contributed by atoms with Gasteiger partial charge in [0.05, 0.1) is 18.8 Å². The summed E-state index contributed by atoms with van der Waals surface area (Å²) in [4.78, 5) is 23.0. The van der Waals surface area contributed by atoms with Crippen LogP contribution in [0.15, 0.2) is 66.9 Å². The Kier molecular flexibility index (Phi) is 9.13. The number of rotatable bonds is 12. The van der Waals surface area contributed by atoms with E-state index in [0.717, 1.165) is 16.7 Å². The number of ether oxygens (including phenoxy) is 1. The van der Waals surface area contributed by atoms with Gasteiger partial charge in [-0.2, -0.15) is 0 Å². The normalized spacial score (nSPS) is 12.6. The fraction of sp³-hybridized carbons (Fsp3) is 0.360. The van der Waals surface area contributed by atoms with Gasteiger partial charge in [-0.05, 0) is 36.5 Å². The van der Waals surface area contributed by atoms with Gasteiger partial charge in [-0.15, -0.1) is 0 Å². The third-order valence-corrected chi connectivity index (χ3v) is 4.99. The molecule has 0 unspecified atom stereocenters. The molecule has 0 heterocycles. The Morgan fingerprint density at radius 1 is 1.03 bits per heavy atom. The van der Waals surface area contributed by atoms with E-state index in [4.69, 9.17) is 9.84 Å². The highest BCUT2D eigenvalue weighted by Crippen LogP contribution is 2.22. The molecule has 2 N–H and O–H groups in total. The summed E-state index contributed by atoms with van der Waals surface area (Å²) in [5.74, 6) is -0.464. The molecule has 1 amide bonds. The van der Waals surface area contributed by atoms with E-state index in [1.54, 1.807) is 0 Å². The Morgan fingerprint density at radius 3 is 2.27 bits per heavy atom. The van der Waals surface area contributed by atoms with Crippen LogP contribution < -0.4 is 5.32 Å². The molecule has 30 heavy (non-hydrogen) atoms. The quantitative estimate of drug-likeness (QED) is 0.493. The highest BCUT2D eigenvalue weighted by molar-refractivity contribution is 5.80. The smallest absolute Gasteiger partial charge is 0.303 e. The Hall–Kier alpha value is -3.08. The SMILES string of the molecule is C=C(OCC)[C@H](C)C[C@@H](Cc1ccc(-c2ccccc2)cc1)NC(=O)CCC(=O)O. The highest BCUT2D eigenvalue weighted by atomic mass is 16.5. The minimum atomic E-state index is -0.976. The van der Waals surface area contributed by atoms with Crippen LogP contribution in [0.1, 0.15) is 38.7 Å². The molecule has 0 aliphatic rings. The largest absolute Gasteiger partial charge is 0.499 e. The first kappa shape index (κ1) is 23.2. The van der Waals surface area contributed by atoms with Crippen molar-refractivity contribution in [1.29, 1.82) is 0 Å². The average molecular weight is 410 g/mol. The lowest BCUT2D eigenvalue weighted by Gasteiger charge is -2.24. The van der Waals surface area contributed by atoms with Gasteiger partial charge in [-0.3, -0.25) is 9.59 Å². The zero-order valence-corrected chi connectivity index (χ0v) is 17.8. The second-order valence-corrected chi connectivity index (χ2v) is 7.46. The van der Waals surface area contributed by atoms with Gasteiger partial charge in [-0.25, -0.2) is 0 Å². The molecular formula is C25H31NO4. The van der Waals surface area contributed by atoms with E-state index < -0.39 is 5.97 Å². The second-order valence-electron chi connectivity index (χ2n) is 7.46. The second kappa shape index (κ2) is 11.8. The summed E-state index contributed by atoms with van der Waals surface area (Å²) >= 11 is 0. The Bertz CT molecular complexity index is 830. The van der Waals surface area contributed by atoms with Crippen LogP contribution in [0.25, 0.3) is 11.1 Å². The van der Waals surface area contributed by atoms with Gasteiger partial charge >= 0.3 is 5.97 Å². The number of benzene rings is 2. The molecule has 0 fully saturated rings. The molecule has 5 heteroatoms. The number of carbonyl (C=O) groups excluding carboxylic acids is 1. The molecule has 2 aromatic carbocycles. The number of amides is 1. The van der Waals surface area contributed by atoms with Crippen LogP contribution in [-0.4, -0.2) is 29.6 Å². The summed E-state index contributed by atoms with van der Waals surface area (Å²) in [6.45, 7) is 8.47. The van der Waals surface area contributed by atoms with Crippen molar-refractivity contribution in [1.82, 2.24) is 5.32 Å². The molecule has 0 aromatic heterocycles. The van der Waals surface area contributed by atoms with Gasteiger partial charge in [0.2, 0.25) is 5.91 Å². The van der Waals surface area contributed by atoms with Crippen molar-refractivity contribution in [3.8, 4) is 11.1 Å². The summed E-state index contributed by atoms with van der Waals surface area (Å²) in [7, 11) is 0. The maximum absolute atomic E-state index is 12.2. The predicted molar refractivity (Wildman–Crippen MR) is 119 cm³/mol. The number of hydrogen-bond donors (Lipinski definition) is 2. The van der Waals surface area contributed by atoms with Crippen LogP contribution in [-0.2, 0) is 20.7 Å². The van der Waals surface area contributed by atoms with Crippen LogP contribution in [0.5, 0.6) is 0 Å². The molecule has 0 saturated carbocycles. The first-order valence-corrected chi connectivity index (χ1v) is 10.4. The zero-order chi connectivity index (χ0) is 21.9. The van der Waals surface area contributed by atoms with E-state index >= 15 is 0 Å². The van der Waals surface area contributed by atoms with Crippen LogP contribution in [0, 0.1) is 5.92 Å². The van der Waals surface area contributed by atoms with Crippen LogP contribution in [0.2, 0.25) is 0 Å². The number of carboxylic acids is 1. The fourth-order valence-corrected chi connectivity index (χ4v) is 3.35. The molecule has 2 atom stereocenters. The Morgan fingerprint density at radius 2 is 1.67 bits per heavy atom. The highest BCUT2D eigenvalue weighted by Gasteiger charge is 2.19. The monoisotopic (exact) mass is 409 g/mol. The summed E-state index contributed by atoms with van der Waals surface area (Å²) in [5, 5.41) is 11.8. The number of allylic oxidation sites excluding steroid dienone is 1. The van der Waals surface area contributed by atoms with Crippen molar-refractivity contribution in [3.63, 3.8) is 0 Å². The minimum absolute atomic E-state index is 0.0282. The van der Waals surface area contributed by atoms with Crippen LogP contribution in [0.3, 0.4) is 0 Å². The predicted octanol–water partition coefficient (Wildman–Crippen LogP) is 4.82. The average Bonchev–Trinajstić information content (AvgIpc) is 2.73. The van der Waals surface area contributed by atoms with E-state index in [-0.39, 0.29) is 30.7 Å². The molecule has 0 radical (unpaired) electrons. The first-order valence-electron chi connectivity index (χ1n) is 10.4. The van der Waals surface area contributed by atoms with E-state index in [0.29, 0.717) is 25.2 Å². The molecular weight excluding hydrogens is 378 g/mol. The van der Waals surface area contributed by atoms with E-state index in [2.05, 4.69) is 48.3 Å². The molecule has 0 aliphatic heterocycles. The molecule has 0 spiro atoms. The van der Waals surface area contributed by atoms with Gasteiger partial charge in [-0.1, -0.05) is 68.1 Å².